The number of nitrogens with one attached hydrogen (secondary N) is 1. The average molecular weight is 430 g/mol. The number of nitrogen functional groups attached to an aromatic ring is 1. The molecule has 1 aromatic carbocycles. The third-order valence-electron chi connectivity index (χ3n) is 4.68. The molecule has 3 heterocycles. The number of aromatic nitrogens is 3. The van der Waals surface area contributed by atoms with E-state index >= 15 is 0 Å². The maximum absolute atomic E-state index is 12.8. The topological polar surface area (TPSA) is 113 Å². The lowest BCUT2D eigenvalue weighted by Gasteiger charge is -2.18. The van der Waals surface area contributed by atoms with Crippen molar-refractivity contribution in [2.24, 2.45) is 13.0 Å². The highest BCUT2D eigenvalue weighted by atomic mass is 32.1. The van der Waals surface area contributed by atoms with Gasteiger partial charge in [-0.15, -0.1) is 11.3 Å². The molecule has 0 saturated carbocycles. The number of ether oxygens (including phenoxy) is 2. The van der Waals surface area contributed by atoms with E-state index in [2.05, 4.69) is 10.3 Å². The van der Waals surface area contributed by atoms with Crippen molar-refractivity contribution >= 4 is 28.0 Å². The standard InChI is InChI=1S/C20H23N5O4S/c1-11(2)9-25-17(21)16(18(26)24(3)20(25)27)13-10-30-19(23-13)22-12-4-5-14-15(8-12)29-7-6-28-14/h4-5,8,10-11H,6-7,9,21H2,1-3H3,(H,22,23). The number of rotatable bonds is 5. The molecule has 0 atom stereocenters. The van der Waals surface area contributed by atoms with Crippen molar-refractivity contribution in [1.29, 1.82) is 0 Å². The van der Waals surface area contributed by atoms with Crippen LogP contribution in [0.2, 0.25) is 0 Å². The van der Waals surface area contributed by atoms with Crippen LogP contribution in [0.5, 0.6) is 11.5 Å². The summed E-state index contributed by atoms with van der Waals surface area (Å²) in [4.78, 5) is 29.8. The molecule has 158 valence electrons. The summed E-state index contributed by atoms with van der Waals surface area (Å²) in [6.07, 6.45) is 0. The monoisotopic (exact) mass is 429 g/mol. The first kappa shape index (κ1) is 20.0. The molecular weight excluding hydrogens is 406 g/mol. The van der Waals surface area contributed by atoms with Gasteiger partial charge >= 0.3 is 5.69 Å². The molecular formula is C20H23N5O4S. The van der Waals surface area contributed by atoms with Crippen LogP contribution < -0.4 is 31.8 Å². The second-order valence-corrected chi connectivity index (χ2v) is 8.29. The van der Waals surface area contributed by atoms with Crippen molar-refractivity contribution in [3.05, 3.63) is 44.4 Å². The Bertz CT molecular complexity index is 1210. The van der Waals surface area contributed by atoms with Gasteiger partial charge in [0.1, 0.15) is 24.6 Å². The van der Waals surface area contributed by atoms with Gasteiger partial charge in [-0.05, 0) is 18.1 Å². The number of hydrogen-bond donors (Lipinski definition) is 2. The van der Waals surface area contributed by atoms with Crippen LogP contribution in [0.15, 0.2) is 33.2 Å². The van der Waals surface area contributed by atoms with E-state index in [1.165, 1.54) is 23.0 Å². The van der Waals surface area contributed by atoms with Gasteiger partial charge in [0.05, 0.1) is 5.69 Å². The zero-order valence-electron chi connectivity index (χ0n) is 17.0. The summed E-state index contributed by atoms with van der Waals surface area (Å²) in [6.45, 7) is 5.42. The first-order chi connectivity index (χ1) is 14.3. The van der Waals surface area contributed by atoms with Gasteiger partial charge in [0.15, 0.2) is 16.6 Å². The Morgan fingerprint density at radius 1 is 1.23 bits per heavy atom. The molecule has 0 unspecified atom stereocenters. The van der Waals surface area contributed by atoms with Crippen molar-refractivity contribution < 1.29 is 9.47 Å². The van der Waals surface area contributed by atoms with Gasteiger partial charge in [0.25, 0.3) is 5.56 Å². The van der Waals surface area contributed by atoms with Crippen molar-refractivity contribution in [2.45, 2.75) is 20.4 Å². The molecule has 3 aromatic rings. The molecule has 0 amide bonds. The normalized spacial score (nSPS) is 12.9. The summed E-state index contributed by atoms with van der Waals surface area (Å²) < 4.78 is 13.6. The number of fused-ring (bicyclic) bond motifs is 1. The molecule has 0 spiro atoms. The van der Waals surface area contributed by atoms with Gasteiger partial charge in [-0.3, -0.25) is 13.9 Å². The summed E-state index contributed by atoms with van der Waals surface area (Å²) in [5, 5.41) is 5.54. The minimum absolute atomic E-state index is 0.132. The molecule has 0 radical (unpaired) electrons. The van der Waals surface area contributed by atoms with Crippen LogP contribution in [0.1, 0.15) is 13.8 Å². The van der Waals surface area contributed by atoms with E-state index in [-0.39, 0.29) is 17.3 Å². The maximum Gasteiger partial charge on any atom is 0.332 e. The summed E-state index contributed by atoms with van der Waals surface area (Å²) in [5.74, 6) is 1.70. The fourth-order valence-corrected chi connectivity index (χ4v) is 3.98. The minimum Gasteiger partial charge on any atom is -0.486 e. The molecule has 30 heavy (non-hydrogen) atoms. The smallest absolute Gasteiger partial charge is 0.332 e. The molecule has 1 aliphatic rings. The predicted molar refractivity (Wildman–Crippen MR) is 117 cm³/mol. The molecule has 4 rings (SSSR count). The van der Waals surface area contributed by atoms with Gasteiger partial charge in [-0.2, -0.15) is 0 Å². The molecule has 0 fully saturated rings. The molecule has 3 N–H and O–H groups in total. The zero-order valence-corrected chi connectivity index (χ0v) is 17.8. The van der Waals surface area contributed by atoms with Crippen molar-refractivity contribution in [3.63, 3.8) is 0 Å². The Balaban J connectivity index is 1.68. The van der Waals surface area contributed by atoms with E-state index in [9.17, 15) is 9.59 Å². The van der Waals surface area contributed by atoms with E-state index in [0.29, 0.717) is 42.1 Å². The first-order valence-corrected chi connectivity index (χ1v) is 10.4. The Labute approximate surface area is 176 Å². The summed E-state index contributed by atoms with van der Waals surface area (Å²) >= 11 is 1.34. The highest BCUT2D eigenvalue weighted by Gasteiger charge is 2.20. The van der Waals surface area contributed by atoms with Gasteiger partial charge in [-0.1, -0.05) is 13.8 Å². The second kappa shape index (κ2) is 7.86. The molecule has 9 nitrogen and oxygen atoms in total. The summed E-state index contributed by atoms with van der Waals surface area (Å²) in [7, 11) is 1.45. The summed E-state index contributed by atoms with van der Waals surface area (Å²) in [5.41, 5.74) is 6.78. The second-order valence-electron chi connectivity index (χ2n) is 7.43. The minimum atomic E-state index is -0.464. The molecule has 0 bridgehead atoms. The highest BCUT2D eigenvalue weighted by molar-refractivity contribution is 7.14. The van der Waals surface area contributed by atoms with Crippen molar-refractivity contribution in [2.75, 3.05) is 24.3 Å². The molecule has 10 heteroatoms. The lowest BCUT2D eigenvalue weighted by atomic mass is 10.2. The Kier molecular flexibility index (Phi) is 5.25. The van der Waals surface area contributed by atoms with Gasteiger partial charge in [-0.25, -0.2) is 9.78 Å². The Hall–Kier alpha value is -3.27. The van der Waals surface area contributed by atoms with E-state index in [1.54, 1.807) is 5.38 Å². The molecule has 0 aliphatic carbocycles. The molecule has 2 aromatic heterocycles. The number of benzene rings is 1. The maximum atomic E-state index is 12.8. The number of anilines is 3. The van der Waals surface area contributed by atoms with Crippen LogP contribution in [0.25, 0.3) is 11.3 Å². The lowest BCUT2D eigenvalue weighted by molar-refractivity contribution is 0.171. The van der Waals surface area contributed by atoms with E-state index in [1.807, 2.05) is 32.0 Å². The van der Waals surface area contributed by atoms with Crippen LogP contribution >= 0.6 is 11.3 Å². The fourth-order valence-electron chi connectivity index (χ4n) is 3.26. The quantitative estimate of drug-likeness (QED) is 0.640. The molecule has 0 saturated heterocycles. The van der Waals surface area contributed by atoms with Crippen molar-refractivity contribution in [3.8, 4) is 22.8 Å². The Morgan fingerprint density at radius 2 is 1.97 bits per heavy atom. The van der Waals surface area contributed by atoms with E-state index < -0.39 is 11.2 Å². The SMILES string of the molecule is CC(C)Cn1c(N)c(-c2csc(Nc3ccc4c(c3)OCCO4)n2)c(=O)n(C)c1=O. The predicted octanol–water partition coefficient (Wildman–Crippen LogP) is 2.42. The first-order valence-electron chi connectivity index (χ1n) is 9.57. The van der Waals surface area contributed by atoms with Crippen LogP contribution in [0.3, 0.4) is 0 Å². The number of hydrogen-bond acceptors (Lipinski definition) is 8. The van der Waals surface area contributed by atoms with E-state index in [4.69, 9.17) is 15.2 Å². The number of nitrogens with two attached hydrogens (primary N) is 1. The van der Waals surface area contributed by atoms with Crippen LogP contribution in [-0.2, 0) is 13.6 Å². The van der Waals surface area contributed by atoms with Crippen LogP contribution in [0.4, 0.5) is 16.6 Å². The average Bonchev–Trinajstić information content (AvgIpc) is 3.17. The van der Waals surface area contributed by atoms with E-state index in [0.717, 1.165) is 10.3 Å². The van der Waals surface area contributed by atoms with Gasteiger partial charge < -0.3 is 20.5 Å². The van der Waals surface area contributed by atoms with Crippen LogP contribution in [0, 0.1) is 5.92 Å². The third kappa shape index (κ3) is 3.65. The Morgan fingerprint density at radius 3 is 2.70 bits per heavy atom. The van der Waals surface area contributed by atoms with Crippen LogP contribution in [-0.4, -0.2) is 27.3 Å². The van der Waals surface area contributed by atoms with Crippen molar-refractivity contribution in [1.82, 2.24) is 14.1 Å². The largest absolute Gasteiger partial charge is 0.486 e. The number of nitrogens with zero attached hydrogens (tertiary/aromatic N) is 3. The van der Waals surface area contributed by atoms with Gasteiger partial charge in [0, 0.05) is 30.7 Å². The lowest BCUT2D eigenvalue weighted by Crippen LogP contribution is -2.41. The fraction of sp³-hybridized carbons (Fsp3) is 0.350. The third-order valence-corrected chi connectivity index (χ3v) is 5.44. The number of thiazole rings is 1. The molecule has 1 aliphatic heterocycles. The highest BCUT2D eigenvalue weighted by Crippen LogP contribution is 2.34. The van der Waals surface area contributed by atoms with Gasteiger partial charge in [0.2, 0.25) is 0 Å². The zero-order chi connectivity index (χ0) is 21.4. The summed E-state index contributed by atoms with van der Waals surface area (Å²) in [6, 6.07) is 5.54.